The zero-order valence-corrected chi connectivity index (χ0v) is 11.0. The topological polar surface area (TPSA) is 32.5 Å². The normalized spacial score (nSPS) is 18.2. The van der Waals surface area contributed by atoms with E-state index in [1.807, 2.05) is 6.07 Å². The first-order valence-corrected chi connectivity index (χ1v) is 6.65. The summed E-state index contributed by atoms with van der Waals surface area (Å²) in [6.45, 7) is 8.63. The van der Waals surface area contributed by atoms with Gasteiger partial charge >= 0.3 is 0 Å². The van der Waals surface area contributed by atoms with E-state index >= 15 is 0 Å². The van der Waals surface area contributed by atoms with Gasteiger partial charge in [-0.05, 0) is 18.2 Å². The minimum absolute atomic E-state index is 0.120. The first kappa shape index (κ1) is 13.5. The van der Waals surface area contributed by atoms with Crippen molar-refractivity contribution >= 4 is 0 Å². The van der Waals surface area contributed by atoms with Crippen LogP contribution in [0.5, 0.6) is 0 Å². The van der Waals surface area contributed by atoms with Crippen LogP contribution in [0.15, 0.2) is 18.2 Å². The summed E-state index contributed by atoms with van der Waals surface area (Å²) >= 11 is 0. The van der Waals surface area contributed by atoms with Gasteiger partial charge in [-0.15, -0.1) is 0 Å². The van der Waals surface area contributed by atoms with Crippen molar-refractivity contribution in [3.63, 3.8) is 0 Å². The average Bonchev–Trinajstić information content (AvgIpc) is 2.42. The van der Waals surface area contributed by atoms with Crippen molar-refractivity contribution < 1.29 is 4.39 Å². The molecule has 1 aliphatic rings. The number of hydrogen-bond acceptors (Lipinski definition) is 3. The van der Waals surface area contributed by atoms with Gasteiger partial charge in [0.15, 0.2) is 0 Å². The summed E-state index contributed by atoms with van der Waals surface area (Å²) in [6, 6.07) is 5.18. The highest BCUT2D eigenvalue weighted by Crippen LogP contribution is 2.14. The van der Waals surface area contributed by atoms with Crippen molar-refractivity contribution in [2.24, 2.45) is 5.73 Å². The van der Waals surface area contributed by atoms with E-state index in [-0.39, 0.29) is 5.82 Å². The van der Waals surface area contributed by atoms with Crippen LogP contribution in [0.2, 0.25) is 0 Å². The van der Waals surface area contributed by atoms with Gasteiger partial charge in [-0.2, -0.15) is 0 Å². The van der Waals surface area contributed by atoms with E-state index in [2.05, 4.69) is 16.7 Å². The molecule has 0 amide bonds. The Hall–Kier alpha value is -0.970. The summed E-state index contributed by atoms with van der Waals surface area (Å²) in [5.74, 6) is -0.120. The monoisotopic (exact) mass is 251 g/mol. The van der Waals surface area contributed by atoms with Gasteiger partial charge in [0.1, 0.15) is 5.82 Å². The van der Waals surface area contributed by atoms with E-state index < -0.39 is 0 Å². The van der Waals surface area contributed by atoms with Gasteiger partial charge in [0.25, 0.3) is 0 Å². The number of halogens is 1. The van der Waals surface area contributed by atoms with Crippen molar-refractivity contribution in [3.05, 3.63) is 35.1 Å². The molecule has 0 unspecified atom stereocenters. The Morgan fingerprint density at radius 1 is 1.17 bits per heavy atom. The summed E-state index contributed by atoms with van der Waals surface area (Å²) in [7, 11) is 0. The molecule has 1 fully saturated rings. The minimum Gasteiger partial charge on any atom is -0.326 e. The maximum atomic E-state index is 13.7. The third-order valence-electron chi connectivity index (χ3n) is 3.65. The number of piperazine rings is 1. The predicted octanol–water partition coefficient (Wildman–Crippen LogP) is 1.42. The summed E-state index contributed by atoms with van der Waals surface area (Å²) < 4.78 is 13.7. The standard InChI is InChI=1S/C14H22FN3/c1-2-17-5-7-18(8-6-17)11-13-9-12(10-16)3-4-14(13)15/h3-4,9H,2,5-8,10-11,16H2,1H3. The molecule has 3 nitrogen and oxygen atoms in total. The van der Waals surface area contributed by atoms with Crippen molar-refractivity contribution in [2.75, 3.05) is 32.7 Å². The molecule has 0 spiro atoms. The van der Waals surface area contributed by atoms with E-state index in [0.29, 0.717) is 13.1 Å². The molecule has 1 saturated heterocycles. The largest absolute Gasteiger partial charge is 0.326 e. The summed E-state index contributed by atoms with van der Waals surface area (Å²) in [6.07, 6.45) is 0. The van der Waals surface area contributed by atoms with Gasteiger partial charge in [0.2, 0.25) is 0 Å². The molecule has 0 radical (unpaired) electrons. The van der Waals surface area contributed by atoms with Crippen LogP contribution in [0.4, 0.5) is 4.39 Å². The molecule has 1 aromatic rings. The van der Waals surface area contributed by atoms with Gasteiger partial charge in [0.05, 0.1) is 0 Å². The summed E-state index contributed by atoms with van der Waals surface area (Å²) in [5, 5.41) is 0. The lowest BCUT2D eigenvalue weighted by atomic mass is 10.1. The van der Waals surface area contributed by atoms with Crippen LogP contribution < -0.4 is 5.73 Å². The molecule has 0 aliphatic carbocycles. The second kappa shape index (κ2) is 6.27. The maximum Gasteiger partial charge on any atom is 0.127 e. The highest BCUT2D eigenvalue weighted by molar-refractivity contribution is 5.25. The second-order valence-electron chi connectivity index (χ2n) is 4.84. The Bertz CT molecular complexity index is 387. The summed E-state index contributed by atoms with van der Waals surface area (Å²) in [5.41, 5.74) is 7.36. The first-order chi connectivity index (χ1) is 8.72. The van der Waals surface area contributed by atoms with E-state index in [0.717, 1.165) is 43.9 Å². The fourth-order valence-electron chi connectivity index (χ4n) is 2.38. The van der Waals surface area contributed by atoms with Crippen LogP contribution in [0, 0.1) is 5.82 Å². The third-order valence-corrected chi connectivity index (χ3v) is 3.65. The molecular formula is C14H22FN3. The highest BCUT2D eigenvalue weighted by Gasteiger charge is 2.16. The van der Waals surface area contributed by atoms with E-state index in [1.54, 1.807) is 6.07 Å². The lowest BCUT2D eigenvalue weighted by Gasteiger charge is -2.34. The van der Waals surface area contributed by atoms with Crippen molar-refractivity contribution in [1.82, 2.24) is 9.80 Å². The Morgan fingerprint density at radius 3 is 2.44 bits per heavy atom. The molecular weight excluding hydrogens is 229 g/mol. The van der Waals surface area contributed by atoms with E-state index in [9.17, 15) is 4.39 Å². The van der Waals surface area contributed by atoms with Crippen LogP contribution in [0.1, 0.15) is 18.1 Å². The first-order valence-electron chi connectivity index (χ1n) is 6.65. The maximum absolute atomic E-state index is 13.7. The average molecular weight is 251 g/mol. The number of likely N-dealkylation sites (N-methyl/N-ethyl adjacent to an activating group) is 1. The smallest absolute Gasteiger partial charge is 0.127 e. The summed E-state index contributed by atoms with van der Waals surface area (Å²) in [4.78, 5) is 4.73. The van der Waals surface area contributed by atoms with Gasteiger partial charge in [0, 0.05) is 44.8 Å². The lowest BCUT2D eigenvalue weighted by molar-refractivity contribution is 0.131. The van der Waals surface area contributed by atoms with Gasteiger partial charge in [-0.3, -0.25) is 4.90 Å². The molecule has 2 rings (SSSR count). The van der Waals surface area contributed by atoms with Crippen molar-refractivity contribution in [1.29, 1.82) is 0 Å². The Kier molecular flexibility index (Phi) is 4.69. The second-order valence-corrected chi connectivity index (χ2v) is 4.84. The van der Waals surface area contributed by atoms with Gasteiger partial charge in [-0.25, -0.2) is 4.39 Å². The van der Waals surface area contributed by atoms with E-state index in [4.69, 9.17) is 5.73 Å². The Labute approximate surface area is 108 Å². The molecule has 0 atom stereocenters. The quantitative estimate of drug-likeness (QED) is 0.878. The molecule has 1 aromatic carbocycles. The minimum atomic E-state index is -0.120. The fraction of sp³-hybridized carbons (Fsp3) is 0.571. The van der Waals surface area contributed by atoms with Crippen LogP contribution in [0.25, 0.3) is 0 Å². The predicted molar refractivity (Wildman–Crippen MR) is 71.7 cm³/mol. The molecule has 2 N–H and O–H groups in total. The SMILES string of the molecule is CCN1CCN(Cc2cc(CN)ccc2F)CC1. The lowest BCUT2D eigenvalue weighted by Crippen LogP contribution is -2.45. The van der Waals surface area contributed by atoms with Gasteiger partial charge < -0.3 is 10.6 Å². The van der Waals surface area contributed by atoms with Crippen LogP contribution in [-0.2, 0) is 13.1 Å². The fourth-order valence-corrected chi connectivity index (χ4v) is 2.38. The van der Waals surface area contributed by atoms with Crippen molar-refractivity contribution in [2.45, 2.75) is 20.0 Å². The third kappa shape index (κ3) is 3.28. The van der Waals surface area contributed by atoms with Gasteiger partial charge in [-0.1, -0.05) is 19.1 Å². The molecule has 0 aromatic heterocycles. The van der Waals surface area contributed by atoms with Crippen LogP contribution in [0.3, 0.4) is 0 Å². The number of rotatable bonds is 4. The molecule has 1 aliphatic heterocycles. The van der Waals surface area contributed by atoms with Crippen molar-refractivity contribution in [3.8, 4) is 0 Å². The molecule has 0 saturated carbocycles. The molecule has 1 heterocycles. The zero-order valence-electron chi connectivity index (χ0n) is 11.0. The molecule has 100 valence electrons. The Morgan fingerprint density at radius 2 is 1.83 bits per heavy atom. The zero-order chi connectivity index (χ0) is 13.0. The number of nitrogens with two attached hydrogens (primary N) is 1. The number of hydrogen-bond donors (Lipinski definition) is 1. The number of nitrogens with zero attached hydrogens (tertiary/aromatic N) is 2. The van der Waals surface area contributed by atoms with Crippen LogP contribution >= 0.6 is 0 Å². The molecule has 0 bridgehead atoms. The van der Waals surface area contributed by atoms with E-state index in [1.165, 1.54) is 6.07 Å². The van der Waals surface area contributed by atoms with Crippen LogP contribution in [-0.4, -0.2) is 42.5 Å². The molecule has 18 heavy (non-hydrogen) atoms. The number of benzene rings is 1. The highest BCUT2D eigenvalue weighted by atomic mass is 19.1. The molecule has 4 heteroatoms. The Balaban J connectivity index is 1.97.